The number of hydrogen-bond acceptors (Lipinski definition) is 6. The molecule has 0 saturated carbocycles. The standard InChI is InChI=1S/C25H31N3O4S/c1-6-30-23(29)15-31-19-11-12-22-20(13-19)21(14-25(4,5)32-22)27-28-24(33)26-18-9-7-17(8-10-18)16(2)3/h7-13,16H,6,14-15H2,1-5H3,(H2,26,28,33)/b27-21+. The number of carbonyl (C=O) groups is 1. The van der Waals surface area contributed by atoms with Gasteiger partial charge in [0.2, 0.25) is 0 Å². The van der Waals surface area contributed by atoms with Crippen LogP contribution in [0.3, 0.4) is 0 Å². The average Bonchev–Trinajstić information content (AvgIpc) is 2.76. The normalized spacial score (nSPS) is 15.4. The average molecular weight is 470 g/mol. The number of rotatable bonds is 7. The number of hydrazone groups is 1. The third-order valence-corrected chi connectivity index (χ3v) is 5.22. The fourth-order valence-electron chi connectivity index (χ4n) is 3.42. The van der Waals surface area contributed by atoms with E-state index in [4.69, 9.17) is 26.4 Å². The molecule has 0 radical (unpaired) electrons. The quantitative estimate of drug-likeness (QED) is 0.335. The second kappa shape index (κ2) is 10.7. The molecule has 0 spiro atoms. The van der Waals surface area contributed by atoms with E-state index in [1.54, 1.807) is 13.0 Å². The summed E-state index contributed by atoms with van der Waals surface area (Å²) < 4.78 is 16.6. The van der Waals surface area contributed by atoms with Crippen molar-refractivity contribution in [2.24, 2.45) is 5.10 Å². The minimum atomic E-state index is -0.428. The van der Waals surface area contributed by atoms with Gasteiger partial charge in [-0.15, -0.1) is 0 Å². The van der Waals surface area contributed by atoms with Crippen LogP contribution in [0.15, 0.2) is 47.6 Å². The van der Waals surface area contributed by atoms with E-state index < -0.39 is 11.6 Å². The van der Waals surface area contributed by atoms with Gasteiger partial charge in [-0.05, 0) is 74.8 Å². The Hall–Kier alpha value is -3.13. The maximum atomic E-state index is 11.6. The molecule has 2 aromatic rings. The molecule has 0 bridgehead atoms. The lowest BCUT2D eigenvalue weighted by atomic mass is 9.92. The van der Waals surface area contributed by atoms with Gasteiger partial charge in [0.15, 0.2) is 11.7 Å². The molecular weight excluding hydrogens is 438 g/mol. The molecule has 2 N–H and O–H groups in total. The van der Waals surface area contributed by atoms with Crippen LogP contribution in [0.2, 0.25) is 0 Å². The Morgan fingerprint density at radius 1 is 1.21 bits per heavy atom. The number of fused-ring (bicyclic) bond motifs is 1. The van der Waals surface area contributed by atoms with Crippen molar-refractivity contribution in [3.05, 3.63) is 53.6 Å². The van der Waals surface area contributed by atoms with Gasteiger partial charge in [-0.25, -0.2) is 4.79 Å². The van der Waals surface area contributed by atoms with E-state index in [1.807, 2.05) is 38.1 Å². The molecule has 0 unspecified atom stereocenters. The number of thiocarbonyl (C=S) groups is 1. The molecule has 3 rings (SSSR count). The molecule has 1 aliphatic rings. The van der Waals surface area contributed by atoms with Crippen LogP contribution >= 0.6 is 12.2 Å². The van der Waals surface area contributed by atoms with Gasteiger partial charge in [0, 0.05) is 17.7 Å². The largest absolute Gasteiger partial charge is 0.487 e. The highest BCUT2D eigenvalue weighted by Gasteiger charge is 2.31. The first-order valence-corrected chi connectivity index (χ1v) is 11.4. The molecule has 1 aliphatic heterocycles. The first kappa shape index (κ1) is 24.5. The SMILES string of the molecule is CCOC(=O)COc1ccc2c(c1)/C(=N/NC(=S)Nc1ccc(C(C)C)cc1)CC(C)(C)O2. The monoisotopic (exact) mass is 469 g/mol. The third kappa shape index (κ3) is 6.92. The van der Waals surface area contributed by atoms with Crippen molar-refractivity contribution >= 4 is 34.7 Å². The number of nitrogens with one attached hydrogen (secondary N) is 2. The Bertz CT molecular complexity index is 1030. The third-order valence-electron chi connectivity index (χ3n) is 5.03. The van der Waals surface area contributed by atoms with Gasteiger partial charge < -0.3 is 19.5 Å². The van der Waals surface area contributed by atoms with Crippen LogP contribution in [0.5, 0.6) is 11.5 Å². The lowest BCUT2D eigenvalue weighted by Gasteiger charge is -2.33. The van der Waals surface area contributed by atoms with Gasteiger partial charge in [-0.2, -0.15) is 5.10 Å². The number of benzene rings is 2. The van der Waals surface area contributed by atoms with Crippen molar-refractivity contribution in [1.82, 2.24) is 5.43 Å². The molecule has 33 heavy (non-hydrogen) atoms. The Balaban J connectivity index is 1.72. The summed E-state index contributed by atoms with van der Waals surface area (Å²) in [6, 6.07) is 13.5. The minimum Gasteiger partial charge on any atom is -0.487 e. The topological polar surface area (TPSA) is 81.2 Å². The molecular formula is C25H31N3O4S. The fourth-order valence-corrected chi connectivity index (χ4v) is 3.58. The molecule has 0 aromatic heterocycles. The van der Waals surface area contributed by atoms with Crippen molar-refractivity contribution < 1.29 is 19.0 Å². The van der Waals surface area contributed by atoms with E-state index in [0.717, 1.165) is 17.0 Å². The summed E-state index contributed by atoms with van der Waals surface area (Å²) in [5, 5.41) is 8.11. The highest BCUT2D eigenvalue weighted by molar-refractivity contribution is 7.80. The number of anilines is 1. The van der Waals surface area contributed by atoms with Crippen molar-refractivity contribution in [3.8, 4) is 11.5 Å². The zero-order valence-corrected chi connectivity index (χ0v) is 20.5. The molecule has 7 nitrogen and oxygen atoms in total. The maximum Gasteiger partial charge on any atom is 0.344 e. The van der Waals surface area contributed by atoms with Gasteiger partial charge in [0.05, 0.1) is 12.3 Å². The van der Waals surface area contributed by atoms with E-state index in [-0.39, 0.29) is 6.61 Å². The van der Waals surface area contributed by atoms with Crippen molar-refractivity contribution in [3.63, 3.8) is 0 Å². The van der Waals surface area contributed by atoms with E-state index in [1.165, 1.54) is 5.56 Å². The second-order valence-corrected chi connectivity index (χ2v) is 9.10. The summed E-state index contributed by atoms with van der Waals surface area (Å²) in [4.78, 5) is 11.6. The van der Waals surface area contributed by atoms with Crippen LogP contribution < -0.4 is 20.2 Å². The number of carbonyl (C=O) groups excluding carboxylic acids is 1. The number of nitrogens with zero attached hydrogens (tertiary/aromatic N) is 1. The van der Waals surface area contributed by atoms with Crippen LogP contribution in [0.25, 0.3) is 0 Å². The molecule has 0 fully saturated rings. The summed E-state index contributed by atoms with van der Waals surface area (Å²) in [6.07, 6.45) is 0.569. The molecule has 0 amide bonds. The predicted molar refractivity (Wildman–Crippen MR) is 134 cm³/mol. The fraction of sp³-hybridized carbons (Fsp3) is 0.400. The van der Waals surface area contributed by atoms with Crippen molar-refractivity contribution in [2.45, 2.75) is 52.6 Å². The first-order valence-electron chi connectivity index (χ1n) is 11.0. The molecule has 0 saturated heterocycles. The van der Waals surface area contributed by atoms with Gasteiger partial charge in [0.25, 0.3) is 0 Å². The first-order chi connectivity index (χ1) is 15.7. The second-order valence-electron chi connectivity index (χ2n) is 8.69. The molecule has 0 atom stereocenters. The molecule has 8 heteroatoms. The van der Waals surface area contributed by atoms with Crippen LogP contribution in [-0.2, 0) is 9.53 Å². The summed E-state index contributed by atoms with van der Waals surface area (Å²) in [6.45, 7) is 10.2. The zero-order chi connectivity index (χ0) is 24.0. The van der Waals surface area contributed by atoms with Gasteiger partial charge >= 0.3 is 5.97 Å². The summed E-state index contributed by atoms with van der Waals surface area (Å²) in [5.74, 6) is 1.28. The summed E-state index contributed by atoms with van der Waals surface area (Å²) in [5.41, 5.74) is 6.23. The van der Waals surface area contributed by atoms with Gasteiger partial charge in [-0.3, -0.25) is 5.43 Å². The molecule has 0 aliphatic carbocycles. The lowest BCUT2D eigenvalue weighted by Crippen LogP contribution is -2.37. The van der Waals surface area contributed by atoms with Crippen LogP contribution in [0.1, 0.15) is 58.1 Å². The minimum absolute atomic E-state index is 0.159. The predicted octanol–water partition coefficient (Wildman–Crippen LogP) is 5.00. The molecule has 1 heterocycles. The summed E-state index contributed by atoms with van der Waals surface area (Å²) in [7, 11) is 0. The van der Waals surface area contributed by atoms with Gasteiger partial charge in [-0.1, -0.05) is 26.0 Å². The van der Waals surface area contributed by atoms with Crippen molar-refractivity contribution in [1.29, 1.82) is 0 Å². The Labute approximate surface area is 200 Å². The van der Waals surface area contributed by atoms with Crippen LogP contribution in [0.4, 0.5) is 5.69 Å². The smallest absolute Gasteiger partial charge is 0.344 e. The lowest BCUT2D eigenvalue weighted by molar-refractivity contribution is -0.145. The maximum absolute atomic E-state index is 11.6. The van der Waals surface area contributed by atoms with Gasteiger partial charge in [0.1, 0.15) is 17.1 Å². The molecule has 176 valence electrons. The summed E-state index contributed by atoms with van der Waals surface area (Å²) >= 11 is 5.43. The van der Waals surface area contributed by atoms with E-state index in [9.17, 15) is 4.79 Å². The van der Waals surface area contributed by atoms with Crippen molar-refractivity contribution in [2.75, 3.05) is 18.5 Å². The number of esters is 1. The van der Waals surface area contributed by atoms with Crippen LogP contribution in [-0.4, -0.2) is 35.6 Å². The van der Waals surface area contributed by atoms with Crippen LogP contribution in [0, 0.1) is 0 Å². The Kier molecular flexibility index (Phi) is 7.92. The van der Waals surface area contributed by atoms with E-state index in [0.29, 0.717) is 35.6 Å². The van der Waals surface area contributed by atoms with E-state index in [2.05, 4.69) is 41.8 Å². The Morgan fingerprint density at radius 2 is 1.94 bits per heavy atom. The number of hydrogen-bond donors (Lipinski definition) is 2. The highest BCUT2D eigenvalue weighted by Crippen LogP contribution is 2.35. The molecule has 2 aromatic carbocycles. The number of ether oxygens (including phenoxy) is 3. The van der Waals surface area contributed by atoms with E-state index >= 15 is 0 Å². The Morgan fingerprint density at radius 3 is 2.61 bits per heavy atom. The highest BCUT2D eigenvalue weighted by atomic mass is 32.1. The zero-order valence-electron chi connectivity index (χ0n) is 19.7.